The normalized spacial score (nSPS) is 11.7. The predicted octanol–water partition coefficient (Wildman–Crippen LogP) is 5.79. The van der Waals surface area contributed by atoms with Crippen molar-refractivity contribution in [2.45, 2.75) is 32.6 Å². The first-order valence-electron chi connectivity index (χ1n) is 11.1. The molecular weight excluding hydrogens is 448 g/mol. The lowest BCUT2D eigenvalue weighted by molar-refractivity contribution is -0.120. The number of aromatic nitrogens is 3. The van der Waals surface area contributed by atoms with Crippen molar-refractivity contribution in [2.24, 2.45) is 0 Å². The Bertz CT molecular complexity index is 1300. The Morgan fingerprint density at radius 1 is 1.03 bits per heavy atom. The molecule has 2 aromatic heterocycles. The number of hydrogen-bond acceptors (Lipinski definition) is 4. The molecule has 0 aliphatic rings. The van der Waals surface area contributed by atoms with Gasteiger partial charge < -0.3 is 5.32 Å². The molecule has 0 spiro atoms. The fourth-order valence-electron chi connectivity index (χ4n) is 3.73. The zero-order valence-corrected chi connectivity index (χ0v) is 19.8. The van der Waals surface area contributed by atoms with Crippen LogP contribution in [0, 0.1) is 6.92 Å². The van der Waals surface area contributed by atoms with E-state index in [1.165, 1.54) is 0 Å². The first-order chi connectivity index (χ1) is 16.4. The average molecular weight is 473 g/mol. The van der Waals surface area contributed by atoms with Crippen LogP contribution in [0.3, 0.4) is 0 Å². The SMILES string of the molecule is Cc1cc(CCC(=O)C(C)c2ccc(NC(=O)c3ccccc3)nc2)n(-c2cccc(Cl)c2)n1. The van der Waals surface area contributed by atoms with Crippen LogP contribution >= 0.6 is 11.6 Å². The smallest absolute Gasteiger partial charge is 0.256 e. The Balaban J connectivity index is 1.38. The minimum absolute atomic E-state index is 0.111. The number of halogens is 1. The summed E-state index contributed by atoms with van der Waals surface area (Å²) >= 11 is 6.14. The number of nitrogens with one attached hydrogen (secondary N) is 1. The summed E-state index contributed by atoms with van der Waals surface area (Å²) in [6, 6.07) is 22.0. The quantitative estimate of drug-likeness (QED) is 0.352. The molecule has 1 amide bonds. The van der Waals surface area contributed by atoms with Gasteiger partial charge in [0.2, 0.25) is 0 Å². The van der Waals surface area contributed by atoms with E-state index >= 15 is 0 Å². The number of carbonyl (C=O) groups excluding carboxylic acids is 2. The van der Waals surface area contributed by atoms with Gasteiger partial charge in [-0.25, -0.2) is 9.67 Å². The van der Waals surface area contributed by atoms with E-state index in [2.05, 4.69) is 15.4 Å². The highest BCUT2D eigenvalue weighted by atomic mass is 35.5. The lowest BCUT2D eigenvalue weighted by atomic mass is 9.95. The molecule has 0 bridgehead atoms. The summed E-state index contributed by atoms with van der Waals surface area (Å²) in [4.78, 5) is 29.5. The number of aryl methyl sites for hydroxylation is 2. The van der Waals surface area contributed by atoms with E-state index in [1.54, 1.807) is 24.4 Å². The summed E-state index contributed by atoms with van der Waals surface area (Å²) in [6.07, 6.45) is 2.58. The van der Waals surface area contributed by atoms with Crippen LogP contribution in [0.25, 0.3) is 5.69 Å². The number of rotatable bonds is 8. The van der Waals surface area contributed by atoms with Crippen molar-refractivity contribution in [1.82, 2.24) is 14.8 Å². The van der Waals surface area contributed by atoms with Crippen molar-refractivity contribution >= 4 is 29.1 Å². The van der Waals surface area contributed by atoms with Crippen LogP contribution < -0.4 is 5.32 Å². The number of amides is 1. The maximum atomic E-state index is 12.9. The minimum Gasteiger partial charge on any atom is -0.307 e. The Morgan fingerprint density at radius 2 is 1.82 bits per heavy atom. The molecule has 6 nitrogen and oxygen atoms in total. The van der Waals surface area contributed by atoms with Gasteiger partial charge in [-0.15, -0.1) is 0 Å². The third-order valence-corrected chi connectivity index (χ3v) is 5.87. The second-order valence-electron chi connectivity index (χ2n) is 8.15. The summed E-state index contributed by atoms with van der Waals surface area (Å²) in [5, 5.41) is 7.97. The molecule has 1 N–H and O–H groups in total. The van der Waals surface area contributed by atoms with Crippen molar-refractivity contribution in [3.8, 4) is 5.69 Å². The van der Waals surface area contributed by atoms with Gasteiger partial charge in [0.15, 0.2) is 0 Å². The number of ketones is 1. The van der Waals surface area contributed by atoms with Crippen molar-refractivity contribution in [3.05, 3.63) is 107 Å². The zero-order chi connectivity index (χ0) is 24.1. The summed E-state index contributed by atoms with van der Waals surface area (Å²) in [7, 11) is 0. The van der Waals surface area contributed by atoms with Crippen LogP contribution in [0.1, 0.15) is 46.6 Å². The molecule has 0 saturated carbocycles. The first kappa shape index (κ1) is 23.4. The fourth-order valence-corrected chi connectivity index (χ4v) is 3.91. The van der Waals surface area contributed by atoms with Crippen molar-refractivity contribution in [3.63, 3.8) is 0 Å². The number of carbonyl (C=O) groups is 2. The summed E-state index contributed by atoms with van der Waals surface area (Å²) in [5.74, 6) is 0.0177. The van der Waals surface area contributed by atoms with Crippen molar-refractivity contribution in [2.75, 3.05) is 5.32 Å². The van der Waals surface area contributed by atoms with Gasteiger partial charge in [0, 0.05) is 34.8 Å². The number of hydrogen-bond donors (Lipinski definition) is 1. The minimum atomic E-state index is -0.310. The summed E-state index contributed by atoms with van der Waals surface area (Å²) < 4.78 is 1.84. The van der Waals surface area contributed by atoms with Gasteiger partial charge in [0.1, 0.15) is 11.6 Å². The molecule has 0 radical (unpaired) electrons. The molecule has 1 atom stereocenters. The molecule has 4 rings (SSSR count). The average Bonchev–Trinajstić information content (AvgIpc) is 3.23. The number of pyridine rings is 1. The van der Waals surface area contributed by atoms with E-state index in [9.17, 15) is 9.59 Å². The van der Waals surface area contributed by atoms with Crippen LogP contribution in [0.5, 0.6) is 0 Å². The monoisotopic (exact) mass is 472 g/mol. The first-order valence-corrected chi connectivity index (χ1v) is 11.4. The summed E-state index contributed by atoms with van der Waals surface area (Å²) in [6.45, 7) is 3.81. The predicted molar refractivity (Wildman–Crippen MR) is 134 cm³/mol. The number of Topliss-reactive ketones (excluding diaryl/α,β-unsaturated/α-hetero) is 1. The molecule has 7 heteroatoms. The van der Waals surface area contributed by atoms with Crippen molar-refractivity contribution < 1.29 is 9.59 Å². The van der Waals surface area contributed by atoms with E-state index in [1.807, 2.05) is 73.1 Å². The van der Waals surface area contributed by atoms with Crippen LogP contribution in [0.4, 0.5) is 5.82 Å². The molecule has 172 valence electrons. The molecule has 4 aromatic rings. The maximum Gasteiger partial charge on any atom is 0.256 e. The largest absolute Gasteiger partial charge is 0.307 e. The zero-order valence-electron chi connectivity index (χ0n) is 19.0. The lowest BCUT2D eigenvalue weighted by Gasteiger charge is -2.12. The van der Waals surface area contributed by atoms with Crippen molar-refractivity contribution in [1.29, 1.82) is 0 Å². The Labute approximate surface area is 203 Å². The van der Waals surface area contributed by atoms with Crippen LogP contribution in [-0.4, -0.2) is 26.5 Å². The van der Waals surface area contributed by atoms with Gasteiger partial charge in [-0.2, -0.15) is 5.10 Å². The molecule has 0 fully saturated rings. The highest BCUT2D eigenvalue weighted by Gasteiger charge is 2.18. The Kier molecular flexibility index (Phi) is 7.18. The van der Waals surface area contributed by atoms with Gasteiger partial charge >= 0.3 is 0 Å². The molecule has 0 aliphatic heterocycles. The Morgan fingerprint density at radius 3 is 2.53 bits per heavy atom. The van der Waals surface area contributed by atoms with Gasteiger partial charge in [-0.1, -0.05) is 48.9 Å². The number of anilines is 1. The third kappa shape index (κ3) is 5.58. The molecule has 0 saturated heterocycles. The number of nitrogens with zero attached hydrogens (tertiary/aromatic N) is 3. The number of benzene rings is 2. The van der Waals surface area contributed by atoms with Gasteiger partial charge in [-0.3, -0.25) is 9.59 Å². The summed E-state index contributed by atoms with van der Waals surface area (Å²) in [5.41, 5.74) is 4.07. The maximum absolute atomic E-state index is 12.9. The molecule has 2 aromatic carbocycles. The second kappa shape index (κ2) is 10.4. The van der Waals surface area contributed by atoms with Crippen LogP contribution in [0.2, 0.25) is 5.02 Å². The van der Waals surface area contributed by atoms with E-state index in [-0.39, 0.29) is 17.6 Å². The topological polar surface area (TPSA) is 76.9 Å². The molecule has 34 heavy (non-hydrogen) atoms. The lowest BCUT2D eigenvalue weighted by Crippen LogP contribution is -2.14. The van der Waals surface area contributed by atoms with E-state index in [0.29, 0.717) is 29.2 Å². The van der Waals surface area contributed by atoms with Gasteiger partial charge in [0.05, 0.1) is 11.4 Å². The standard InChI is InChI=1S/C27H25ClN4O2/c1-18-15-24(32(31-18)23-10-6-9-22(28)16-23)12-13-25(33)19(2)21-11-14-26(29-17-21)30-27(34)20-7-4-3-5-8-20/h3-11,14-17,19H,12-13H2,1-2H3,(H,29,30,34). The second-order valence-corrected chi connectivity index (χ2v) is 8.59. The van der Waals surface area contributed by atoms with E-state index in [0.717, 1.165) is 22.6 Å². The van der Waals surface area contributed by atoms with Gasteiger partial charge in [-0.05, 0) is 61.4 Å². The van der Waals surface area contributed by atoms with E-state index < -0.39 is 0 Å². The third-order valence-electron chi connectivity index (χ3n) is 5.63. The van der Waals surface area contributed by atoms with Crippen LogP contribution in [-0.2, 0) is 11.2 Å². The van der Waals surface area contributed by atoms with Crippen LogP contribution in [0.15, 0.2) is 79.0 Å². The molecule has 0 aliphatic carbocycles. The van der Waals surface area contributed by atoms with Gasteiger partial charge in [0.25, 0.3) is 5.91 Å². The van der Waals surface area contributed by atoms with E-state index in [4.69, 9.17) is 11.6 Å². The molecule has 2 heterocycles. The highest BCUT2D eigenvalue weighted by Crippen LogP contribution is 2.22. The highest BCUT2D eigenvalue weighted by molar-refractivity contribution is 6.30. The Hall–Kier alpha value is -3.77. The fraction of sp³-hybridized carbons (Fsp3) is 0.185. The molecule has 1 unspecified atom stereocenters. The molecular formula is C27H25ClN4O2.